The average Bonchev–Trinajstić information content (AvgIpc) is 3.12. The first-order valence-corrected chi connectivity index (χ1v) is 7.27. The molecule has 21 heavy (non-hydrogen) atoms. The number of aromatic nitrogens is 2. The third-order valence-corrected chi connectivity index (χ3v) is 3.70. The van der Waals surface area contributed by atoms with E-state index < -0.39 is 0 Å². The van der Waals surface area contributed by atoms with Crippen molar-refractivity contribution in [2.45, 2.75) is 26.2 Å². The molecule has 0 aliphatic heterocycles. The van der Waals surface area contributed by atoms with Crippen LogP contribution in [-0.2, 0) is 6.42 Å². The maximum absolute atomic E-state index is 5.56. The number of hydrogen-bond donors (Lipinski definition) is 1. The summed E-state index contributed by atoms with van der Waals surface area (Å²) in [6, 6.07) is 7.83. The van der Waals surface area contributed by atoms with E-state index in [1.54, 1.807) is 6.26 Å². The summed E-state index contributed by atoms with van der Waals surface area (Å²) >= 11 is 0. The maximum atomic E-state index is 5.56. The molecular weight excluding hydrogens is 266 g/mol. The van der Waals surface area contributed by atoms with E-state index in [1.165, 1.54) is 0 Å². The van der Waals surface area contributed by atoms with Crippen molar-refractivity contribution in [1.82, 2.24) is 10.1 Å². The minimum absolute atomic E-state index is 0.570. The van der Waals surface area contributed by atoms with Gasteiger partial charge >= 0.3 is 0 Å². The molecule has 5 heteroatoms. The number of para-hydroxylation sites is 1. The van der Waals surface area contributed by atoms with Crippen molar-refractivity contribution in [3.63, 3.8) is 0 Å². The minimum Gasteiger partial charge on any atom is -0.464 e. The zero-order valence-corrected chi connectivity index (χ0v) is 12.1. The molecule has 2 aromatic heterocycles. The average molecular weight is 285 g/mol. The normalized spacial score (nSPS) is 12.9. The lowest BCUT2D eigenvalue weighted by atomic mass is 10.0. The van der Waals surface area contributed by atoms with Crippen molar-refractivity contribution in [3.05, 3.63) is 36.4 Å². The Balaban J connectivity index is 1.76. The summed E-state index contributed by atoms with van der Waals surface area (Å²) in [6.07, 6.45) is 4.48. The van der Waals surface area contributed by atoms with Gasteiger partial charge in [0.15, 0.2) is 0 Å². The Labute approximate surface area is 123 Å². The monoisotopic (exact) mass is 285 g/mol. The fraction of sp³-hybridized carbons (Fsp3) is 0.375. The number of nitrogens with zero attached hydrogens (tertiary/aromatic N) is 2. The zero-order valence-electron chi connectivity index (χ0n) is 12.1. The molecule has 2 N–H and O–H groups in total. The predicted octanol–water partition coefficient (Wildman–Crippen LogP) is 3.40. The Morgan fingerprint density at radius 3 is 2.95 bits per heavy atom. The highest BCUT2D eigenvalue weighted by Gasteiger charge is 2.14. The van der Waals surface area contributed by atoms with Crippen LogP contribution in [0.1, 0.15) is 25.7 Å². The summed E-state index contributed by atoms with van der Waals surface area (Å²) < 4.78 is 10.8. The molecule has 1 atom stereocenters. The van der Waals surface area contributed by atoms with Gasteiger partial charge in [-0.15, -0.1) is 0 Å². The van der Waals surface area contributed by atoms with E-state index >= 15 is 0 Å². The van der Waals surface area contributed by atoms with E-state index in [2.05, 4.69) is 17.1 Å². The molecule has 0 amide bonds. The van der Waals surface area contributed by atoms with Gasteiger partial charge in [-0.1, -0.05) is 30.3 Å². The molecule has 5 nitrogen and oxygen atoms in total. The Kier molecular flexibility index (Phi) is 4.01. The standard InChI is InChI=1S/C16H19N3O2/c1-11(8-9-17)6-7-15-18-16(19-21-15)13-10-20-14-5-3-2-4-12(13)14/h2-5,10-11H,6-9,17H2,1H3. The second-order valence-electron chi connectivity index (χ2n) is 5.38. The van der Waals surface area contributed by atoms with Crippen molar-refractivity contribution in [3.8, 4) is 11.4 Å². The summed E-state index contributed by atoms with van der Waals surface area (Å²) in [4.78, 5) is 4.47. The second-order valence-corrected chi connectivity index (χ2v) is 5.38. The van der Waals surface area contributed by atoms with Gasteiger partial charge < -0.3 is 14.7 Å². The van der Waals surface area contributed by atoms with Crippen LogP contribution in [-0.4, -0.2) is 16.7 Å². The predicted molar refractivity (Wildman–Crippen MR) is 80.7 cm³/mol. The van der Waals surface area contributed by atoms with E-state index in [4.69, 9.17) is 14.7 Å². The molecule has 0 fully saturated rings. The molecule has 0 aliphatic carbocycles. The van der Waals surface area contributed by atoms with Crippen LogP contribution in [0.4, 0.5) is 0 Å². The molecule has 1 unspecified atom stereocenters. The highest BCUT2D eigenvalue weighted by molar-refractivity contribution is 5.91. The molecule has 0 saturated heterocycles. The maximum Gasteiger partial charge on any atom is 0.226 e. The quantitative estimate of drug-likeness (QED) is 0.751. The van der Waals surface area contributed by atoms with E-state index in [0.29, 0.717) is 17.6 Å². The van der Waals surface area contributed by atoms with Crippen LogP contribution in [0.15, 0.2) is 39.5 Å². The topological polar surface area (TPSA) is 78.1 Å². The van der Waals surface area contributed by atoms with E-state index in [0.717, 1.165) is 42.3 Å². The highest BCUT2D eigenvalue weighted by Crippen LogP contribution is 2.28. The molecule has 110 valence electrons. The summed E-state index contributed by atoms with van der Waals surface area (Å²) in [7, 11) is 0. The number of furan rings is 1. The molecule has 0 spiro atoms. The molecule has 0 saturated carbocycles. The molecule has 2 heterocycles. The first kappa shape index (κ1) is 13.8. The lowest BCUT2D eigenvalue weighted by molar-refractivity contribution is 0.362. The van der Waals surface area contributed by atoms with Gasteiger partial charge in [0.2, 0.25) is 11.7 Å². The van der Waals surface area contributed by atoms with Gasteiger partial charge in [-0.05, 0) is 31.4 Å². The summed E-state index contributed by atoms with van der Waals surface area (Å²) in [5, 5.41) is 5.06. The number of benzene rings is 1. The van der Waals surface area contributed by atoms with Gasteiger partial charge in [0.25, 0.3) is 0 Å². The van der Waals surface area contributed by atoms with E-state index in [9.17, 15) is 0 Å². The molecular formula is C16H19N3O2. The van der Waals surface area contributed by atoms with Crippen LogP contribution in [0.3, 0.4) is 0 Å². The minimum atomic E-state index is 0.570. The van der Waals surface area contributed by atoms with Crippen LogP contribution in [0.2, 0.25) is 0 Å². The van der Waals surface area contributed by atoms with Gasteiger partial charge in [-0.2, -0.15) is 4.98 Å². The fourth-order valence-corrected chi connectivity index (χ4v) is 2.42. The zero-order chi connectivity index (χ0) is 14.7. The Hall–Kier alpha value is -2.14. The third-order valence-electron chi connectivity index (χ3n) is 3.70. The van der Waals surface area contributed by atoms with Crippen LogP contribution in [0, 0.1) is 5.92 Å². The van der Waals surface area contributed by atoms with Gasteiger partial charge in [-0.3, -0.25) is 0 Å². The first-order chi connectivity index (χ1) is 10.3. The van der Waals surface area contributed by atoms with Crippen molar-refractivity contribution in [2.75, 3.05) is 6.54 Å². The van der Waals surface area contributed by atoms with Crippen molar-refractivity contribution >= 4 is 11.0 Å². The summed E-state index contributed by atoms with van der Waals surface area (Å²) in [6.45, 7) is 2.91. The van der Waals surface area contributed by atoms with Crippen LogP contribution >= 0.6 is 0 Å². The largest absolute Gasteiger partial charge is 0.464 e. The van der Waals surface area contributed by atoms with E-state index in [-0.39, 0.29) is 0 Å². The van der Waals surface area contributed by atoms with Crippen LogP contribution in [0.5, 0.6) is 0 Å². The summed E-state index contributed by atoms with van der Waals surface area (Å²) in [5.41, 5.74) is 7.26. The molecule has 0 aliphatic rings. The lowest BCUT2D eigenvalue weighted by Crippen LogP contribution is -2.06. The highest BCUT2D eigenvalue weighted by atomic mass is 16.5. The van der Waals surface area contributed by atoms with Crippen molar-refractivity contribution < 1.29 is 8.94 Å². The lowest BCUT2D eigenvalue weighted by Gasteiger charge is -2.06. The Bertz CT molecular complexity index is 717. The summed E-state index contributed by atoms with van der Waals surface area (Å²) in [5.74, 6) is 1.82. The smallest absolute Gasteiger partial charge is 0.226 e. The van der Waals surface area contributed by atoms with Crippen LogP contribution < -0.4 is 5.73 Å². The Morgan fingerprint density at radius 1 is 1.24 bits per heavy atom. The van der Waals surface area contributed by atoms with Gasteiger partial charge in [0, 0.05) is 11.8 Å². The third kappa shape index (κ3) is 2.97. The Morgan fingerprint density at radius 2 is 2.10 bits per heavy atom. The van der Waals surface area contributed by atoms with Crippen molar-refractivity contribution in [1.29, 1.82) is 0 Å². The van der Waals surface area contributed by atoms with Gasteiger partial charge in [-0.25, -0.2) is 0 Å². The number of nitrogens with two attached hydrogens (primary N) is 1. The fourth-order valence-electron chi connectivity index (χ4n) is 2.42. The van der Waals surface area contributed by atoms with Gasteiger partial charge in [0.1, 0.15) is 11.8 Å². The van der Waals surface area contributed by atoms with E-state index in [1.807, 2.05) is 24.3 Å². The number of aryl methyl sites for hydroxylation is 1. The molecule has 3 aromatic rings. The number of hydrogen-bond acceptors (Lipinski definition) is 5. The molecule has 1 aromatic carbocycles. The van der Waals surface area contributed by atoms with Crippen LogP contribution in [0.25, 0.3) is 22.4 Å². The SMILES string of the molecule is CC(CCN)CCc1nc(-c2coc3ccccc23)no1. The molecule has 0 bridgehead atoms. The second kappa shape index (κ2) is 6.10. The number of rotatable bonds is 6. The molecule has 3 rings (SSSR count). The first-order valence-electron chi connectivity index (χ1n) is 7.27. The van der Waals surface area contributed by atoms with Crippen molar-refractivity contribution in [2.24, 2.45) is 11.7 Å². The number of fused-ring (bicyclic) bond motifs is 1. The molecule has 0 radical (unpaired) electrons. The van der Waals surface area contributed by atoms with Gasteiger partial charge in [0.05, 0.1) is 5.56 Å².